The largest absolute Gasteiger partial charge is 0.373 e. The van der Waals surface area contributed by atoms with Crippen molar-refractivity contribution in [1.82, 2.24) is 0 Å². The Kier molecular flexibility index (Phi) is 10.9. The zero-order chi connectivity index (χ0) is 23.3. The molecule has 0 N–H and O–H groups in total. The third kappa shape index (κ3) is 8.44. The molecular formula is C26H32O6. The summed E-state index contributed by atoms with van der Waals surface area (Å²) in [5.74, 6) is -1.28. The summed E-state index contributed by atoms with van der Waals surface area (Å²) in [4.78, 5) is 44.5. The molecule has 0 aliphatic carbocycles. The Morgan fingerprint density at radius 3 is 1.50 bits per heavy atom. The van der Waals surface area contributed by atoms with Gasteiger partial charge in [0.05, 0.1) is 11.1 Å². The van der Waals surface area contributed by atoms with Crippen molar-refractivity contribution in [3.05, 3.63) is 84.0 Å². The predicted molar refractivity (Wildman–Crippen MR) is 121 cm³/mol. The highest BCUT2D eigenvalue weighted by Crippen LogP contribution is 2.22. The van der Waals surface area contributed by atoms with Crippen LogP contribution in [0.4, 0.5) is 0 Å². The minimum absolute atomic E-state index is 0.0593. The summed E-state index contributed by atoms with van der Waals surface area (Å²) in [6.07, 6.45) is 4.63. The van der Waals surface area contributed by atoms with Gasteiger partial charge in [0, 0.05) is 6.42 Å². The lowest BCUT2D eigenvalue weighted by Gasteiger charge is -2.16. The van der Waals surface area contributed by atoms with Crippen LogP contribution in [0.15, 0.2) is 48.5 Å². The van der Waals surface area contributed by atoms with Crippen LogP contribution >= 0.6 is 0 Å². The maximum absolute atomic E-state index is 12.3. The van der Waals surface area contributed by atoms with E-state index in [1.54, 1.807) is 24.3 Å². The summed E-state index contributed by atoms with van der Waals surface area (Å²) >= 11 is 0. The Labute approximate surface area is 190 Å². The second kappa shape index (κ2) is 13.7. The van der Waals surface area contributed by atoms with Gasteiger partial charge in [0.25, 0.3) is 0 Å². The second-order valence-electron chi connectivity index (χ2n) is 7.77. The minimum Gasteiger partial charge on any atom is -0.289 e. The normalized spacial score (nSPS) is 11.9. The van der Waals surface area contributed by atoms with E-state index in [1.807, 2.05) is 31.2 Å². The number of hydrogen-bond acceptors (Lipinski definition) is 6. The number of aryl methyl sites for hydroxylation is 2. The van der Waals surface area contributed by atoms with Crippen molar-refractivity contribution >= 4 is 11.9 Å². The molecule has 2 rings (SSSR count). The fourth-order valence-corrected chi connectivity index (χ4v) is 2.93. The SMILES string of the molecule is [CH2]CC(C)C[C](OOC(=O)c1ccc(CCC)cc1)OOC(=O)c1ccc(CCC)cc1. The Bertz CT molecular complexity index is 763. The van der Waals surface area contributed by atoms with Gasteiger partial charge in [-0.15, -0.1) is 9.78 Å². The van der Waals surface area contributed by atoms with E-state index in [-0.39, 0.29) is 18.6 Å². The first-order valence-corrected chi connectivity index (χ1v) is 11.1. The van der Waals surface area contributed by atoms with Gasteiger partial charge in [-0.25, -0.2) is 9.59 Å². The fraction of sp³-hybridized carbons (Fsp3) is 0.385. The molecule has 0 amide bonds. The van der Waals surface area contributed by atoms with E-state index in [4.69, 9.17) is 19.6 Å². The average Bonchev–Trinajstić information content (AvgIpc) is 2.81. The Balaban J connectivity index is 1.92. The number of rotatable bonds is 13. The third-order valence-corrected chi connectivity index (χ3v) is 4.89. The Morgan fingerprint density at radius 1 is 0.750 bits per heavy atom. The third-order valence-electron chi connectivity index (χ3n) is 4.89. The van der Waals surface area contributed by atoms with Gasteiger partial charge in [-0.3, -0.25) is 9.78 Å². The summed E-state index contributed by atoms with van der Waals surface area (Å²) in [5, 5.41) is 0. The summed E-state index contributed by atoms with van der Waals surface area (Å²) in [5.41, 5.74) is 2.97. The maximum atomic E-state index is 12.3. The lowest BCUT2D eigenvalue weighted by molar-refractivity contribution is -0.365. The number of carbonyl (C=O) groups excluding carboxylic acids is 2. The van der Waals surface area contributed by atoms with Crippen LogP contribution in [0.1, 0.15) is 78.3 Å². The van der Waals surface area contributed by atoms with Crippen LogP contribution in [0.3, 0.4) is 0 Å². The summed E-state index contributed by atoms with van der Waals surface area (Å²) in [7, 11) is 0. The van der Waals surface area contributed by atoms with Gasteiger partial charge in [0.1, 0.15) is 0 Å². The second-order valence-corrected chi connectivity index (χ2v) is 7.77. The maximum Gasteiger partial charge on any atom is 0.373 e. The first-order chi connectivity index (χ1) is 15.5. The Morgan fingerprint density at radius 2 is 1.16 bits per heavy atom. The van der Waals surface area contributed by atoms with Gasteiger partial charge in [-0.1, -0.05) is 71.2 Å². The van der Waals surface area contributed by atoms with Crippen molar-refractivity contribution in [2.45, 2.75) is 59.3 Å². The monoisotopic (exact) mass is 440 g/mol. The van der Waals surface area contributed by atoms with Crippen molar-refractivity contribution in [3.63, 3.8) is 0 Å². The molecule has 0 heterocycles. The predicted octanol–water partition coefficient (Wildman–Crippen LogP) is 6.21. The molecule has 0 saturated heterocycles. The summed E-state index contributed by atoms with van der Waals surface area (Å²) in [6.45, 7) is 9.93. The lowest BCUT2D eigenvalue weighted by Crippen LogP contribution is -2.18. The molecule has 1 unspecified atom stereocenters. The van der Waals surface area contributed by atoms with E-state index in [0.29, 0.717) is 17.5 Å². The van der Waals surface area contributed by atoms with Crippen LogP contribution in [0.2, 0.25) is 0 Å². The van der Waals surface area contributed by atoms with E-state index in [2.05, 4.69) is 20.8 Å². The van der Waals surface area contributed by atoms with Crippen molar-refractivity contribution < 1.29 is 29.1 Å². The van der Waals surface area contributed by atoms with Gasteiger partial charge < -0.3 is 0 Å². The molecule has 32 heavy (non-hydrogen) atoms. The molecule has 1 atom stereocenters. The topological polar surface area (TPSA) is 71.1 Å². The quantitative estimate of drug-likeness (QED) is 0.272. The van der Waals surface area contributed by atoms with E-state index >= 15 is 0 Å². The van der Waals surface area contributed by atoms with Crippen molar-refractivity contribution in [1.29, 1.82) is 0 Å². The van der Waals surface area contributed by atoms with Crippen LogP contribution < -0.4 is 0 Å². The van der Waals surface area contributed by atoms with E-state index in [9.17, 15) is 9.59 Å². The van der Waals surface area contributed by atoms with Crippen LogP contribution in [0, 0.1) is 19.1 Å². The molecule has 0 spiro atoms. The summed E-state index contributed by atoms with van der Waals surface area (Å²) in [6, 6.07) is 14.2. The Hall–Kier alpha value is -2.70. The molecule has 2 aromatic carbocycles. The lowest BCUT2D eigenvalue weighted by atomic mass is 10.1. The molecule has 0 aromatic heterocycles. The molecule has 0 saturated carbocycles. The minimum atomic E-state index is -0.672. The van der Waals surface area contributed by atoms with Crippen LogP contribution in [0.25, 0.3) is 0 Å². The molecule has 172 valence electrons. The first kappa shape index (κ1) is 25.6. The van der Waals surface area contributed by atoms with Gasteiger partial charge in [-0.05, 0) is 54.2 Å². The van der Waals surface area contributed by atoms with Gasteiger partial charge in [0.2, 0.25) is 0 Å². The molecule has 0 aliphatic rings. The molecule has 6 nitrogen and oxygen atoms in total. The molecule has 0 bridgehead atoms. The first-order valence-electron chi connectivity index (χ1n) is 11.1. The van der Waals surface area contributed by atoms with E-state index in [0.717, 1.165) is 36.8 Å². The zero-order valence-corrected chi connectivity index (χ0v) is 19.1. The highest BCUT2D eigenvalue weighted by molar-refractivity contribution is 5.89. The molecule has 6 heteroatoms. The number of hydrogen-bond donors (Lipinski definition) is 0. The van der Waals surface area contributed by atoms with Crippen molar-refractivity contribution in [2.24, 2.45) is 5.92 Å². The summed E-state index contributed by atoms with van der Waals surface area (Å²) < 4.78 is 0. The molecule has 2 aromatic rings. The number of benzene rings is 2. The highest BCUT2D eigenvalue weighted by atomic mass is 17.3. The molecule has 0 fully saturated rings. The van der Waals surface area contributed by atoms with Crippen LogP contribution in [-0.4, -0.2) is 11.9 Å². The van der Waals surface area contributed by atoms with E-state index in [1.165, 1.54) is 0 Å². The average molecular weight is 441 g/mol. The van der Waals surface area contributed by atoms with Gasteiger partial charge >= 0.3 is 18.2 Å². The van der Waals surface area contributed by atoms with Gasteiger partial charge in [0.15, 0.2) is 0 Å². The number of carbonyl (C=O) groups is 2. The molecular weight excluding hydrogens is 408 g/mol. The highest BCUT2D eigenvalue weighted by Gasteiger charge is 2.23. The van der Waals surface area contributed by atoms with Crippen LogP contribution in [-0.2, 0) is 32.4 Å². The smallest absolute Gasteiger partial charge is 0.289 e. The fourth-order valence-electron chi connectivity index (χ4n) is 2.93. The van der Waals surface area contributed by atoms with Crippen LogP contribution in [0.5, 0.6) is 0 Å². The standard InChI is InChI=1S/C26H32O6/c1-5-8-20-10-14-22(15-11-20)25(27)31-29-24(18-19(4)7-3)30-32-26(28)23-16-12-21(9-6-2)13-17-23/h10-17,19H,3,5-9,18H2,1-2,4H3. The van der Waals surface area contributed by atoms with Crippen molar-refractivity contribution in [2.75, 3.05) is 0 Å². The molecule has 2 radical (unpaired) electrons. The zero-order valence-electron chi connectivity index (χ0n) is 19.1. The molecule has 0 aliphatic heterocycles. The van der Waals surface area contributed by atoms with Gasteiger partial charge in [-0.2, -0.15) is 0 Å². The van der Waals surface area contributed by atoms with Crippen molar-refractivity contribution in [3.8, 4) is 0 Å². The van der Waals surface area contributed by atoms with E-state index < -0.39 is 11.9 Å².